The highest BCUT2D eigenvalue weighted by Crippen LogP contribution is 2.29. The molecule has 0 atom stereocenters. The summed E-state index contributed by atoms with van der Waals surface area (Å²) in [4.78, 5) is 39.2. The van der Waals surface area contributed by atoms with Gasteiger partial charge in [-0.25, -0.2) is 14.3 Å². The number of nitrogens with one attached hydrogen (secondary N) is 1. The Bertz CT molecular complexity index is 1090. The third kappa shape index (κ3) is 4.29. The van der Waals surface area contributed by atoms with Gasteiger partial charge in [0.2, 0.25) is 0 Å². The van der Waals surface area contributed by atoms with Crippen molar-refractivity contribution >= 4 is 28.9 Å². The number of anilines is 1. The van der Waals surface area contributed by atoms with Crippen molar-refractivity contribution < 1.29 is 24.0 Å². The average Bonchev–Trinajstić information content (AvgIpc) is 3.03. The number of hydrogen-bond acceptors (Lipinski definition) is 8. The summed E-state index contributed by atoms with van der Waals surface area (Å²) < 4.78 is 11.7. The lowest BCUT2D eigenvalue weighted by molar-refractivity contribution is -0.384. The van der Waals surface area contributed by atoms with E-state index in [2.05, 4.69) is 15.4 Å². The Morgan fingerprint density at radius 3 is 2.86 bits per heavy atom. The highest BCUT2D eigenvalue weighted by molar-refractivity contribution is 6.00. The van der Waals surface area contributed by atoms with Gasteiger partial charge in [-0.3, -0.25) is 14.9 Å². The second-order valence-electron chi connectivity index (χ2n) is 5.84. The lowest BCUT2D eigenvalue weighted by Crippen LogP contribution is -2.21. The number of amides is 1. The van der Waals surface area contributed by atoms with E-state index in [4.69, 9.17) is 9.47 Å². The standard InChI is InChI=1S/C18H17N5O6/c1-3-28-12-5-6-13(14(9-12)23(26)27)20-15(24)10-29-18(25)16-11(2)21-22-8-4-7-19-17(16)22/h4-9H,3,10H2,1-2H3,(H,20,24). The number of benzene rings is 1. The van der Waals surface area contributed by atoms with Crippen molar-refractivity contribution in [2.24, 2.45) is 0 Å². The molecule has 1 amide bonds. The van der Waals surface area contributed by atoms with Crippen LogP contribution < -0.4 is 10.1 Å². The summed E-state index contributed by atoms with van der Waals surface area (Å²) in [5, 5.41) is 17.8. The van der Waals surface area contributed by atoms with E-state index in [9.17, 15) is 19.7 Å². The van der Waals surface area contributed by atoms with Gasteiger partial charge in [0.15, 0.2) is 12.3 Å². The average molecular weight is 399 g/mol. The number of carbonyl (C=O) groups is 2. The molecule has 150 valence electrons. The van der Waals surface area contributed by atoms with Crippen LogP contribution in [0.4, 0.5) is 11.4 Å². The van der Waals surface area contributed by atoms with Crippen LogP contribution in [0.3, 0.4) is 0 Å². The van der Waals surface area contributed by atoms with Crippen LogP contribution in [0, 0.1) is 17.0 Å². The first kappa shape index (κ1) is 19.7. The molecule has 3 aromatic rings. The molecule has 0 saturated carbocycles. The van der Waals surface area contributed by atoms with Gasteiger partial charge in [-0.15, -0.1) is 0 Å². The smallest absolute Gasteiger partial charge is 0.344 e. The molecule has 0 unspecified atom stereocenters. The molecule has 0 bridgehead atoms. The molecule has 3 rings (SSSR count). The lowest BCUT2D eigenvalue weighted by Gasteiger charge is -2.09. The molecule has 0 saturated heterocycles. The zero-order valence-corrected chi connectivity index (χ0v) is 15.6. The van der Waals surface area contributed by atoms with Crippen LogP contribution in [-0.2, 0) is 9.53 Å². The Labute approximate surface area is 164 Å². The van der Waals surface area contributed by atoms with Crippen LogP contribution in [-0.4, -0.2) is 44.6 Å². The Morgan fingerprint density at radius 2 is 2.14 bits per heavy atom. The minimum atomic E-state index is -0.771. The molecule has 0 aliphatic carbocycles. The molecule has 1 N–H and O–H groups in total. The summed E-state index contributed by atoms with van der Waals surface area (Å²) in [6.07, 6.45) is 3.13. The predicted octanol–water partition coefficient (Wildman–Crippen LogP) is 2.14. The van der Waals surface area contributed by atoms with Gasteiger partial charge in [-0.2, -0.15) is 5.10 Å². The molecule has 2 aromatic heterocycles. The summed E-state index contributed by atoms with van der Waals surface area (Å²) >= 11 is 0. The minimum Gasteiger partial charge on any atom is -0.494 e. The normalized spacial score (nSPS) is 10.6. The second kappa shape index (κ2) is 8.33. The number of rotatable bonds is 7. The molecule has 1 aromatic carbocycles. The van der Waals surface area contributed by atoms with Crippen LogP contribution in [0.1, 0.15) is 23.0 Å². The van der Waals surface area contributed by atoms with Gasteiger partial charge >= 0.3 is 5.97 Å². The van der Waals surface area contributed by atoms with Gasteiger partial charge < -0.3 is 14.8 Å². The van der Waals surface area contributed by atoms with E-state index in [1.807, 2.05) is 0 Å². The number of aryl methyl sites for hydroxylation is 1. The number of nitro benzene ring substituents is 1. The first-order chi connectivity index (χ1) is 13.9. The van der Waals surface area contributed by atoms with Gasteiger partial charge in [0, 0.05) is 12.4 Å². The number of ether oxygens (including phenoxy) is 2. The molecular formula is C18H17N5O6. The van der Waals surface area contributed by atoms with Gasteiger partial charge in [0.1, 0.15) is 17.0 Å². The van der Waals surface area contributed by atoms with Crippen LogP contribution in [0.15, 0.2) is 36.7 Å². The summed E-state index contributed by atoms with van der Waals surface area (Å²) in [5.41, 5.74) is 0.478. The van der Waals surface area contributed by atoms with E-state index in [1.54, 1.807) is 26.1 Å². The third-order valence-electron chi connectivity index (χ3n) is 3.86. The van der Waals surface area contributed by atoms with Crippen molar-refractivity contribution in [2.75, 3.05) is 18.5 Å². The third-order valence-corrected chi connectivity index (χ3v) is 3.86. The van der Waals surface area contributed by atoms with Crippen molar-refractivity contribution in [3.63, 3.8) is 0 Å². The fourth-order valence-electron chi connectivity index (χ4n) is 2.65. The Kier molecular flexibility index (Phi) is 5.67. The highest BCUT2D eigenvalue weighted by atomic mass is 16.6. The minimum absolute atomic E-state index is 0.0340. The zero-order valence-electron chi connectivity index (χ0n) is 15.6. The van der Waals surface area contributed by atoms with Gasteiger partial charge in [0.25, 0.3) is 11.6 Å². The fraction of sp³-hybridized carbons (Fsp3) is 0.222. The quantitative estimate of drug-likeness (QED) is 0.362. The Balaban J connectivity index is 1.69. The van der Waals surface area contributed by atoms with Crippen LogP contribution >= 0.6 is 0 Å². The van der Waals surface area contributed by atoms with E-state index in [-0.39, 0.29) is 16.9 Å². The number of esters is 1. The first-order valence-corrected chi connectivity index (χ1v) is 8.59. The van der Waals surface area contributed by atoms with Crippen molar-refractivity contribution in [1.29, 1.82) is 0 Å². The Hall–Kier alpha value is -4.02. The summed E-state index contributed by atoms with van der Waals surface area (Å²) in [6, 6.07) is 5.71. The summed E-state index contributed by atoms with van der Waals surface area (Å²) in [6.45, 7) is 3.08. The molecule has 0 radical (unpaired) electrons. The molecule has 29 heavy (non-hydrogen) atoms. The van der Waals surface area contributed by atoms with Crippen LogP contribution in [0.2, 0.25) is 0 Å². The predicted molar refractivity (Wildman–Crippen MR) is 101 cm³/mol. The second-order valence-corrected chi connectivity index (χ2v) is 5.84. The van der Waals surface area contributed by atoms with Gasteiger partial charge in [-0.1, -0.05) is 0 Å². The largest absolute Gasteiger partial charge is 0.494 e. The van der Waals surface area contributed by atoms with Crippen molar-refractivity contribution in [1.82, 2.24) is 14.6 Å². The molecule has 0 aliphatic rings. The molecule has 0 fully saturated rings. The first-order valence-electron chi connectivity index (χ1n) is 8.59. The topological polar surface area (TPSA) is 138 Å². The van der Waals surface area contributed by atoms with E-state index < -0.39 is 23.4 Å². The molecule has 0 spiro atoms. The summed E-state index contributed by atoms with van der Waals surface area (Å²) in [7, 11) is 0. The maximum absolute atomic E-state index is 12.4. The number of aromatic nitrogens is 3. The van der Waals surface area contributed by atoms with E-state index >= 15 is 0 Å². The van der Waals surface area contributed by atoms with E-state index in [0.29, 0.717) is 23.7 Å². The fourth-order valence-corrected chi connectivity index (χ4v) is 2.65. The monoisotopic (exact) mass is 399 g/mol. The molecule has 2 heterocycles. The molecule has 11 nitrogen and oxygen atoms in total. The van der Waals surface area contributed by atoms with E-state index in [1.165, 1.54) is 28.9 Å². The lowest BCUT2D eigenvalue weighted by atomic mass is 10.2. The number of hydrogen-bond donors (Lipinski definition) is 1. The van der Waals surface area contributed by atoms with E-state index in [0.717, 1.165) is 0 Å². The zero-order chi connectivity index (χ0) is 21.0. The van der Waals surface area contributed by atoms with Crippen molar-refractivity contribution in [3.8, 4) is 5.75 Å². The van der Waals surface area contributed by atoms with Gasteiger partial charge in [0.05, 0.1) is 23.3 Å². The highest BCUT2D eigenvalue weighted by Gasteiger charge is 2.22. The van der Waals surface area contributed by atoms with Crippen molar-refractivity contribution in [2.45, 2.75) is 13.8 Å². The van der Waals surface area contributed by atoms with Crippen LogP contribution in [0.25, 0.3) is 5.65 Å². The number of nitro groups is 1. The molecule has 0 aliphatic heterocycles. The number of fused-ring (bicyclic) bond motifs is 1. The molecular weight excluding hydrogens is 382 g/mol. The van der Waals surface area contributed by atoms with Crippen LogP contribution in [0.5, 0.6) is 5.75 Å². The maximum atomic E-state index is 12.4. The van der Waals surface area contributed by atoms with Crippen molar-refractivity contribution in [3.05, 3.63) is 58.0 Å². The SMILES string of the molecule is CCOc1ccc(NC(=O)COC(=O)c2c(C)nn3cccnc23)c([N+](=O)[O-])c1. The Morgan fingerprint density at radius 1 is 1.34 bits per heavy atom. The molecule has 11 heteroatoms. The maximum Gasteiger partial charge on any atom is 0.344 e. The number of nitrogens with zero attached hydrogens (tertiary/aromatic N) is 4. The number of carbonyl (C=O) groups excluding carboxylic acids is 2. The summed E-state index contributed by atoms with van der Waals surface area (Å²) in [5.74, 6) is -1.19. The van der Waals surface area contributed by atoms with Gasteiger partial charge in [-0.05, 0) is 32.0 Å².